The van der Waals surface area contributed by atoms with Gasteiger partial charge in [0.15, 0.2) is 0 Å². The summed E-state index contributed by atoms with van der Waals surface area (Å²) in [5.74, 6) is 5.69. The summed E-state index contributed by atoms with van der Waals surface area (Å²) in [4.78, 5) is 13.6. The van der Waals surface area contributed by atoms with Crippen LogP contribution < -0.4 is 11.3 Å². The first-order valence-electron chi connectivity index (χ1n) is 6.37. The van der Waals surface area contributed by atoms with Gasteiger partial charge in [0.2, 0.25) is 5.91 Å². The Morgan fingerprint density at radius 2 is 2.06 bits per heavy atom. The Kier molecular flexibility index (Phi) is 5.77. The van der Waals surface area contributed by atoms with Gasteiger partial charge >= 0.3 is 0 Å². The number of carbonyl (C=O) groups excluding carboxylic acids is 1. The predicted octanol–water partition coefficient (Wildman–Crippen LogP) is 1.27. The summed E-state index contributed by atoms with van der Waals surface area (Å²) >= 11 is 0. The molecule has 0 atom stereocenters. The van der Waals surface area contributed by atoms with Crippen molar-refractivity contribution >= 4 is 5.91 Å². The number of hydrogen-bond donors (Lipinski definition) is 2. The number of hydrogen-bond acceptors (Lipinski definition) is 3. The van der Waals surface area contributed by atoms with Crippen LogP contribution in [0.5, 0.6) is 0 Å². The summed E-state index contributed by atoms with van der Waals surface area (Å²) in [5, 5.41) is 0. The minimum absolute atomic E-state index is 0.0632. The Morgan fingerprint density at radius 3 is 2.56 bits per heavy atom. The van der Waals surface area contributed by atoms with Crippen molar-refractivity contribution < 1.29 is 4.79 Å². The number of nitrogens with one attached hydrogen (secondary N) is 1. The molecule has 4 heteroatoms. The molecule has 1 aliphatic carbocycles. The fraction of sp³-hybridized carbons (Fsp3) is 0.917. The van der Waals surface area contributed by atoms with E-state index in [9.17, 15) is 4.79 Å². The predicted molar refractivity (Wildman–Crippen MR) is 65.6 cm³/mol. The Bertz CT molecular complexity index is 212. The quantitative estimate of drug-likeness (QED) is 0.408. The largest absolute Gasteiger partial charge is 0.300 e. The van der Waals surface area contributed by atoms with Crippen LogP contribution in [0.25, 0.3) is 0 Å². The molecule has 1 fully saturated rings. The van der Waals surface area contributed by atoms with E-state index in [1.54, 1.807) is 0 Å². The second-order valence-electron chi connectivity index (χ2n) is 5.14. The van der Waals surface area contributed by atoms with Crippen molar-refractivity contribution in [2.75, 3.05) is 13.1 Å². The van der Waals surface area contributed by atoms with E-state index in [-0.39, 0.29) is 5.91 Å². The zero-order chi connectivity index (χ0) is 12.0. The summed E-state index contributed by atoms with van der Waals surface area (Å²) in [7, 11) is 0. The maximum absolute atomic E-state index is 11.2. The topological polar surface area (TPSA) is 58.4 Å². The van der Waals surface area contributed by atoms with E-state index >= 15 is 0 Å². The van der Waals surface area contributed by atoms with Crippen molar-refractivity contribution in [1.82, 2.24) is 10.3 Å². The first kappa shape index (κ1) is 13.5. The van der Waals surface area contributed by atoms with Crippen LogP contribution >= 0.6 is 0 Å². The van der Waals surface area contributed by atoms with Gasteiger partial charge in [0.25, 0.3) is 0 Å². The van der Waals surface area contributed by atoms with Crippen molar-refractivity contribution in [1.29, 1.82) is 0 Å². The molecule has 1 saturated carbocycles. The van der Waals surface area contributed by atoms with Crippen molar-refractivity contribution in [2.24, 2.45) is 11.8 Å². The van der Waals surface area contributed by atoms with Crippen molar-refractivity contribution in [3.05, 3.63) is 0 Å². The lowest BCUT2D eigenvalue weighted by molar-refractivity contribution is -0.121. The number of carbonyl (C=O) groups is 1. The molecule has 0 saturated heterocycles. The van der Waals surface area contributed by atoms with E-state index in [0.717, 1.165) is 13.1 Å². The molecule has 0 radical (unpaired) electrons. The first-order chi connectivity index (χ1) is 7.63. The molecule has 3 N–H and O–H groups in total. The molecule has 1 amide bonds. The highest BCUT2D eigenvalue weighted by Crippen LogP contribution is 2.24. The first-order valence-corrected chi connectivity index (χ1v) is 6.37. The summed E-state index contributed by atoms with van der Waals surface area (Å²) in [6.45, 7) is 6.38. The highest BCUT2D eigenvalue weighted by atomic mass is 16.2. The third-order valence-electron chi connectivity index (χ3n) is 3.23. The maximum Gasteiger partial charge on any atom is 0.235 e. The molecule has 0 aromatic heterocycles. The monoisotopic (exact) mass is 227 g/mol. The van der Waals surface area contributed by atoms with Gasteiger partial charge in [-0.2, -0.15) is 0 Å². The molecule has 0 aromatic carbocycles. The van der Waals surface area contributed by atoms with Crippen molar-refractivity contribution in [3.63, 3.8) is 0 Å². The number of amides is 1. The smallest absolute Gasteiger partial charge is 0.235 e. The number of nitrogens with zero attached hydrogens (tertiary/aromatic N) is 1. The summed E-state index contributed by atoms with van der Waals surface area (Å²) < 4.78 is 0. The van der Waals surface area contributed by atoms with Crippen LogP contribution in [0.3, 0.4) is 0 Å². The van der Waals surface area contributed by atoms with E-state index < -0.39 is 0 Å². The summed E-state index contributed by atoms with van der Waals surface area (Å²) in [6, 6.07) is 0.688. The average molecular weight is 227 g/mol. The molecule has 4 nitrogen and oxygen atoms in total. The van der Waals surface area contributed by atoms with Gasteiger partial charge in [-0.3, -0.25) is 15.1 Å². The third kappa shape index (κ3) is 4.49. The molecule has 0 aromatic rings. The lowest BCUT2D eigenvalue weighted by Gasteiger charge is -2.30. The van der Waals surface area contributed by atoms with E-state index in [1.807, 2.05) is 0 Å². The Balaban J connectivity index is 2.39. The normalized spacial score (nSPS) is 17.3. The van der Waals surface area contributed by atoms with Gasteiger partial charge in [-0.05, 0) is 18.8 Å². The highest BCUT2D eigenvalue weighted by molar-refractivity contribution is 5.75. The SMILES string of the molecule is CC(C)CN(CCC(=O)NN)C1CCCC1. The molecule has 1 rings (SSSR count). The fourth-order valence-corrected chi connectivity index (χ4v) is 2.48. The lowest BCUT2D eigenvalue weighted by Crippen LogP contribution is -2.40. The van der Waals surface area contributed by atoms with Crippen LogP contribution in [0.15, 0.2) is 0 Å². The lowest BCUT2D eigenvalue weighted by atomic mass is 10.1. The molecule has 0 heterocycles. The Labute approximate surface area is 98.5 Å². The van der Waals surface area contributed by atoms with E-state index in [4.69, 9.17) is 5.84 Å². The maximum atomic E-state index is 11.2. The third-order valence-corrected chi connectivity index (χ3v) is 3.23. The van der Waals surface area contributed by atoms with Crippen molar-refractivity contribution in [2.45, 2.75) is 52.0 Å². The van der Waals surface area contributed by atoms with Gasteiger partial charge in [0, 0.05) is 25.6 Å². The minimum atomic E-state index is -0.0632. The zero-order valence-electron chi connectivity index (χ0n) is 10.5. The van der Waals surface area contributed by atoms with Crippen LogP contribution in [0.4, 0.5) is 0 Å². The van der Waals surface area contributed by atoms with E-state index in [2.05, 4.69) is 24.2 Å². The van der Waals surface area contributed by atoms with Gasteiger partial charge in [0.05, 0.1) is 0 Å². The minimum Gasteiger partial charge on any atom is -0.300 e. The average Bonchev–Trinajstić information content (AvgIpc) is 2.76. The van der Waals surface area contributed by atoms with Gasteiger partial charge < -0.3 is 0 Å². The van der Waals surface area contributed by atoms with Gasteiger partial charge in [0.1, 0.15) is 0 Å². The summed E-state index contributed by atoms with van der Waals surface area (Å²) in [5.41, 5.74) is 2.20. The van der Waals surface area contributed by atoms with Gasteiger partial charge in [-0.15, -0.1) is 0 Å². The molecule has 0 bridgehead atoms. The van der Waals surface area contributed by atoms with Gasteiger partial charge in [-0.25, -0.2) is 5.84 Å². The zero-order valence-corrected chi connectivity index (χ0v) is 10.5. The van der Waals surface area contributed by atoms with Crippen LogP contribution in [0.2, 0.25) is 0 Å². The number of hydrazine groups is 1. The van der Waals surface area contributed by atoms with E-state index in [0.29, 0.717) is 18.4 Å². The molecule has 1 aliphatic rings. The van der Waals surface area contributed by atoms with Crippen molar-refractivity contribution in [3.8, 4) is 0 Å². The second-order valence-corrected chi connectivity index (χ2v) is 5.14. The molecular formula is C12H25N3O. The second kappa shape index (κ2) is 6.86. The van der Waals surface area contributed by atoms with Gasteiger partial charge in [-0.1, -0.05) is 26.7 Å². The number of nitrogens with two attached hydrogens (primary N) is 1. The molecule has 0 aliphatic heterocycles. The number of rotatable bonds is 6. The Morgan fingerprint density at radius 1 is 1.44 bits per heavy atom. The standard InChI is InChI=1S/C12H25N3O/c1-10(2)9-15(8-7-12(16)14-13)11-5-3-4-6-11/h10-11H,3-9,13H2,1-2H3,(H,14,16). The van der Waals surface area contributed by atoms with Crippen LogP contribution in [0.1, 0.15) is 46.0 Å². The molecule has 0 spiro atoms. The molecule has 0 unspecified atom stereocenters. The summed E-state index contributed by atoms with van der Waals surface area (Å²) in [6.07, 6.45) is 5.76. The van der Waals surface area contributed by atoms with Crippen LogP contribution in [-0.2, 0) is 4.79 Å². The fourth-order valence-electron chi connectivity index (χ4n) is 2.48. The molecule has 94 valence electrons. The van der Waals surface area contributed by atoms with E-state index in [1.165, 1.54) is 25.7 Å². The highest BCUT2D eigenvalue weighted by Gasteiger charge is 2.23. The molecule has 16 heavy (non-hydrogen) atoms. The van der Waals surface area contributed by atoms with Crippen LogP contribution in [-0.4, -0.2) is 29.9 Å². The molecular weight excluding hydrogens is 202 g/mol. The van der Waals surface area contributed by atoms with Crippen LogP contribution in [0, 0.1) is 5.92 Å². The Hall–Kier alpha value is -0.610.